The highest BCUT2D eigenvalue weighted by atomic mass is 16.2. The minimum Gasteiger partial charge on any atom is -0.331 e. The van der Waals surface area contributed by atoms with Gasteiger partial charge in [0.05, 0.1) is 12.1 Å². The van der Waals surface area contributed by atoms with Gasteiger partial charge in [-0.15, -0.1) is 0 Å². The molecule has 0 saturated carbocycles. The number of hydrogen-bond acceptors (Lipinski definition) is 3. The summed E-state index contributed by atoms with van der Waals surface area (Å²) in [7, 11) is 0. The third-order valence-electron chi connectivity index (χ3n) is 3.74. The first-order valence-corrected chi connectivity index (χ1v) is 7.84. The number of amides is 1. The van der Waals surface area contributed by atoms with Crippen LogP contribution in [0.15, 0.2) is 0 Å². The van der Waals surface area contributed by atoms with E-state index in [0.29, 0.717) is 12.5 Å². The van der Waals surface area contributed by atoms with Crippen molar-refractivity contribution < 1.29 is 9.59 Å². The first-order chi connectivity index (χ1) is 9.23. The van der Waals surface area contributed by atoms with Crippen LogP contribution >= 0.6 is 0 Å². The lowest BCUT2D eigenvalue weighted by Crippen LogP contribution is -2.48. The average molecular weight is 282 g/mol. The van der Waals surface area contributed by atoms with E-state index in [9.17, 15) is 9.59 Å². The first-order valence-electron chi connectivity index (χ1n) is 7.84. The van der Waals surface area contributed by atoms with Crippen LogP contribution in [0.1, 0.15) is 54.4 Å². The van der Waals surface area contributed by atoms with Gasteiger partial charge in [-0.1, -0.05) is 41.5 Å². The number of rotatable bonds is 7. The molecule has 0 radical (unpaired) electrons. The topological polar surface area (TPSA) is 49.4 Å². The summed E-state index contributed by atoms with van der Waals surface area (Å²) in [4.78, 5) is 26.7. The lowest BCUT2D eigenvalue weighted by Gasteiger charge is -2.30. The molecule has 0 spiro atoms. The highest BCUT2D eigenvalue weighted by Crippen LogP contribution is 2.22. The molecule has 1 fully saturated rings. The average Bonchev–Trinajstić information content (AvgIpc) is 2.66. The van der Waals surface area contributed by atoms with Crippen LogP contribution in [0.4, 0.5) is 0 Å². The Hall–Kier alpha value is -0.900. The van der Waals surface area contributed by atoms with Gasteiger partial charge in [0.25, 0.3) is 0 Å². The molecule has 0 aromatic carbocycles. The Labute approximate surface area is 123 Å². The predicted molar refractivity (Wildman–Crippen MR) is 81.5 cm³/mol. The van der Waals surface area contributed by atoms with Crippen molar-refractivity contribution in [3.8, 4) is 0 Å². The second-order valence-corrected chi connectivity index (χ2v) is 6.90. The van der Waals surface area contributed by atoms with Gasteiger partial charge in [-0.3, -0.25) is 9.59 Å². The maximum Gasteiger partial charge on any atom is 0.240 e. The predicted octanol–water partition coefficient (Wildman–Crippen LogP) is 2.23. The Morgan fingerprint density at radius 3 is 2.30 bits per heavy atom. The molecule has 1 amide bonds. The zero-order chi connectivity index (χ0) is 15.4. The standard InChI is InChI=1S/C16H30N2O2/c1-10(2)9-14(15(19)11(3)4)18-8-7-13(16(18)20)17-12(5)6/h10-14,17H,7-9H2,1-6H3/t13-,14+/m1/s1. The summed E-state index contributed by atoms with van der Waals surface area (Å²) in [6.45, 7) is 12.8. The van der Waals surface area contributed by atoms with Crippen LogP contribution < -0.4 is 5.32 Å². The molecular weight excluding hydrogens is 252 g/mol. The summed E-state index contributed by atoms with van der Waals surface area (Å²) in [5, 5.41) is 3.30. The van der Waals surface area contributed by atoms with Gasteiger partial charge in [-0.25, -0.2) is 0 Å². The molecule has 0 aliphatic carbocycles. The molecule has 1 saturated heterocycles. The third-order valence-corrected chi connectivity index (χ3v) is 3.74. The molecule has 116 valence electrons. The summed E-state index contributed by atoms with van der Waals surface area (Å²) in [6.07, 6.45) is 1.56. The van der Waals surface area contributed by atoms with Crippen LogP contribution in [0.3, 0.4) is 0 Å². The summed E-state index contributed by atoms with van der Waals surface area (Å²) in [5.41, 5.74) is 0. The van der Waals surface area contributed by atoms with E-state index < -0.39 is 0 Å². The van der Waals surface area contributed by atoms with Gasteiger partial charge in [-0.2, -0.15) is 0 Å². The fourth-order valence-corrected chi connectivity index (χ4v) is 2.80. The van der Waals surface area contributed by atoms with Gasteiger partial charge >= 0.3 is 0 Å². The Balaban J connectivity index is 2.82. The smallest absolute Gasteiger partial charge is 0.240 e. The van der Waals surface area contributed by atoms with E-state index in [-0.39, 0.29) is 35.7 Å². The Morgan fingerprint density at radius 1 is 1.25 bits per heavy atom. The van der Waals surface area contributed by atoms with Gasteiger partial charge in [0.1, 0.15) is 0 Å². The molecule has 1 N–H and O–H groups in total. The molecule has 0 aromatic rings. The van der Waals surface area contributed by atoms with Crippen molar-refractivity contribution >= 4 is 11.7 Å². The maximum atomic E-state index is 12.5. The van der Waals surface area contributed by atoms with E-state index in [0.717, 1.165) is 12.8 Å². The lowest BCUT2D eigenvalue weighted by molar-refractivity contribution is -0.139. The van der Waals surface area contributed by atoms with Crippen LogP contribution in [0.25, 0.3) is 0 Å². The minimum atomic E-state index is -0.249. The molecule has 0 unspecified atom stereocenters. The molecule has 1 rings (SSSR count). The number of likely N-dealkylation sites (tertiary alicyclic amines) is 1. The van der Waals surface area contributed by atoms with Crippen molar-refractivity contribution in [1.82, 2.24) is 10.2 Å². The van der Waals surface area contributed by atoms with E-state index in [4.69, 9.17) is 0 Å². The molecule has 2 atom stereocenters. The number of carbonyl (C=O) groups is 2. The molecule has 1 heterocycles. The van der Waals surface area contributed by atoms with Crippen molar-refractivity contribution in [2.45, 2.75) is 72.5 Å². The molecule has 1 aliphatic heterocycles. The van der Waals surface area contributed by atoms with Crippen molar-refractivity contribution in [3.63, 3.8) is 0 Å². The van der Waals surface area contributed by atoms with Crippen molar-refractivity contribution in [2.24, 2.45) is 11.8 Å². The second-order valence-electron chi connectivity index (χ2n) is 6.90. The van der Waals surface area contributed by atoms with Gasteiger partial charge in [0.15, 0.2) is 5.78 Å². The molecule has 4 nitrogen and oxygen atoms in total. The number of ketones is 1. The number of hydrogen-bond donors (Lipinski definition) is 1. The van der Waals surface area contributed by atoms with Crippen LogP contribution in [-0.4, -0.2) is 41.3 Å². The van der Waals surface area contributed by atoms with Gasteiger partial charge in [0.2, 0.25) is 5.91 Å². The molecule has 20 heavy (non-hydrogen) atoms. The summed E-state index contributed by atoms with van der Waals surface area (Å²) in [6, 6.07) is -0.0839. The largest absolute Gasteiger partial charge is 0.331 e. The summed E-state index contributed by atoms with van der Waals surface area (Å²) < 4.78 is 0. The zero-order valence-corrected chi connectivity index (χ0v) is 13.8. The van der Waals surface area contributed by atoms with Crippen LogP contribution in [0.5, 0.6) is 0 Å². The van der Waals surface area contributed by atoms with E-state index in [1.54, 1.807) is 0 Å². The number of nitrogens with one attached hydrogen (secondary N) is 1. The fraction of sp³-hybridized carbons (Fsp3) is 0.875. The van der Waals surface area contributed by atoms with Crippen LogP contribution in [-0.2, 0) is 9.59 Å². The number of carbonyl (C=O) groups excluding carboxylic acids is 2. The SMILES string of the molecule is CC(C)C[C@@H](C(=O)C(C)C)N1CC[C@@H](NC(C)C)C1=O. The Kier molecular flexibility index (Phi) is 6.18. The van der Waals surface area contributed by atoms with Crippen molar-refractivity contribution in [3.05, 3.63) is 0 Å². The molecule has 0 aromatic heterocycles. The van der Waals surface area contributed by atoms with E-state index in [1.165, 1.54) is 0 Å². The van der Waals surface area contributed by atoms with Crippen molar-refractivity contribution in [1.29, 1.82) is 0 Å². The quantitative estimate of drug-likeness (QED) is 0.779. The second kappa shape index (κ2) is 7.21. The summed E-state index contributed by atoms with van der Waals surface area (Å²) >= 11 is 0. The Morgan fingerprint density at radius 2 is 1.85 bits per heavy atom. The monoisotopic (exact) mass is 282 g/mol. The molecule has 0 bridgehead atoms. The maximum absolute atomic E-state index is 12.5. The third kappa shape index (κ3) is 4.30. The van der Waals surface area contributed by atoms with Gasteiger partial charge in [-0.05, 0) is 18.8 Å². The van der Waals surface area contributed by atoms with Crippen LogP contribution in [0, 0.1) is 11.8 Å². The fourth-order valence-electron chi connectivity index (χ4n) is 2.80. The van der Waals surface area contributed by atoms with Gasteiger partial charge < -0.3 is 10.2 Å². The molecule has 1 aliphatic rings. The van der Waals surface area contributed by atoms with E-state index in [1.807, 2.05) is 32.6 Å². The minimum absolute atomic E-state index is 0.0244. The van der Waals surface area contributed by atoms with Gasteiger partial charge in [0, 0.05) is 18.5 Å². The van der Waals surface area contributed by atoms with Crippen LogP contribution in [0.2, 0.25) is 0 Å². The lowest BCUT2D eigenvalue weighted by atomic mass is 9.93. The summed E-state index contributed by atoms with van der Waals surface area (Å²) in [5.74, 6) is 0.673. The Bertz CT molecular complexity index is 350. The van der Waals surface area contributed by atoms with E-state index in [2.05, 4.69) is 19.2 Å². The molecule has 4 heteroatoms. The highest BCUT2D eigenvalue weighted by Gasteiger charge is 2.39. The normalized spacial score (nSPS) is 21.4. The van der Waals surface area contributed by atoms with E-state index >= 15 is 0 Å². The van der Waals surface area contributed by atoms with Crippen molar-refractivity contribution in [2.75, 3.05) is 6.54 Å². The zero-order valence-electron chi connectivity index (χ0n) is 13.8. The molecular formula is C16H30N2O2. The number of nitrogens with zero attached hydrogens (tertiary/aromatic N) is 1. The number of Topliss-reactive ketones (excluding diaryl/α,β-unsaturated/α-hetero) is 1. The highest BCUT2D eigenvalue weighted by molar-refractivity contribution is 5.92. The first kappa shape index (κ1) is 17.2.